The number of aliphatic hydroxyl groups is 2. The first-order valence-corrected chi connectivity index (χ1v) is 8.97. The molecule has 0 saturated carbocycles. The van der Waals surface area contributed by atoms with E-state index >= 15 is 0 Å². The van der Waals surface area contributed by atoms with Crippen LogP contribution >= 0.6 is 0 Å². The van der Waals surface area contributed by atoms with E-state index in [-0.39, 0.29) is 22.8 Å². The topological polar surface area (TPSA) is 104 Å². The zero-order valence-corrected chi connectivity index (χ0v) is 16.7. The number of benzene rings is 2. The second kappa shape index (κ2) is 8.59. The Morgan fingerprint density at radius 3 is 2.17 bits per heavy atom. The van der Waals surface area contributed by atoms with E-state index in [2.05, 4.69) is 0 Å². The van der Waals surface area contributed by atoms with Gasteiger partial charge >= 0.3 is 0 Å². The largest absolute Gasteiger partial charge is 0.497 e. The molecule has 2 N–H and O–H groups in total. The molecule has 2 aromatic rings. The summed E-state index contributed by atoms with van der Waals surface area (Å²) in [7, 11) is 5.83. The van der Waals surface area contributed by atoms with Gasteiger partial charge in [0, 0.05) is 6.07 Å². The van der Waals surface area contributed by atoms with Crippen LogP contribution < -0.4 is 23.7 Å². The van der Waals surface area contributed by atoms with Gasteiger partial charge in [0.2, 0.25) is 5.75 Å². The number of carbonyl (C=O) groups is 1. The van der Waals surface area contributed by atoms with Crippen LogP contribution in [0.3, 0.4) is 0 Å². The summed E-state index contributed by atoms with van der Waals surface area (Å²) in [6.45, 7) is -0.506. The fraction of sp³-hybridized carbons (Fsp3) is 0.381. The average molecular weight is 404 g/mol. The SMILES string of the molecule is COc1ccc(C(O)C2Oc3cc(OC)c(OC)c(OC)c3C(=O)C2CO)cc1. The molecule has 2 aromatic carbocycles. The third-order valence-electron chi connectivity index (χ3n) is 5.00. The lowest BCUT2D eigenvalue weighted by molar-refractivity contribution is -0.0187. The predicted molar refractivity (Wildman–Crippen MR) is 103 cm³/mol. The van der Waals surface area contributed by atoms with E-state index in [0.717, 1.165) is 0 Å². The van der Waals surface area contributed by atoms with Crippen LogP contribution in [0.15, 0.2) is 30.3 Å². The number of methoxy groups -OCH3 is 4. The molecular formula is C21H24O8. The first kappa shape index (κ1) is 20.8. The van der Waals surface area contributed by atoms with Gasteiger partial charge in [-0.3, -0.25) is 4.79 Å². The molecule has 8 nitrogen and oxygen atoms in total. The summed E-state index contributed by atoms with van der Waals surface area (Å²) in [6, 6.07) is 8.26. The molecule has 1 heterocycles. The summed E-state index contributed by atoms with van der Waals surface area (Å²) in [4.78, 5) is 13.2. The van der Waals surface area contributed by atoms with Gasteiger partial charge in [-0.2, -0.15) is 0 Å². The number of Topliss-reactive ketones (excluding diaryl/α,β-unsaturated/α-hetero) is 1. The van der Waals surface area contributed by atoms with Gasteiger partial charge in [0.15, 0.2) is 17.3 Å². The Balaban J connectivity index is 2.06. The number of carbonyl (C=O) groups excluding carboxylic acids is 1. The van der Waals surface area contributed by atoms with Crippen molar-refractivity contribution in [3.05, 3.63) is 41.5 Å². The standard InChI is InChI=1S/C21H24O8/c1-25-12-7-5-11(6-8-12)17(23)19-13(10-22)18(24)16-14(29-19)9-15(26-2)20(27-3)21(16)28-4/h5-9,13,17,19,22-23H,10H2,1-4H3. The molecule has 29 heavy (non-hydrogen) atoms. The Morgan fingerprint density at radius 1 is 1.00 bits per heavy atom. The molecule has 0 radical (unpaired) electrons. The summed E-state index contributed by atoms with van der Waals surface area (Å²) in [5, 5.41) is 20.8. The highest BCUT2D eigenvalue weighted by molar-refractivity contribution is 6.05. The summed E-state index contributed by atoms with van der Waals surface area (Å²) in [5.41, 5.74) is 0.667. The molecule has 0 spiro atoms. The number of hydrogen-bond donors (Lipinski definition) is 2. The molecule has 1 aliphatic rings. The molecule has 1 aliphatic heterocycles. The molecule has 0 aliphatic carbocycles. The van der Waals surface area contributed by atoms with Crippen molar-refractivity contribution < 1.29 is 38.7 Å². The van der Waals surface area contributed by atoms with Crippen molar-refractivity contribution in [3.8, 4) is 28.7 Å². The lowest BCUT2D eigenvalue weighted by Gasteiger charge is -2.35. The molecule has 3 atom stereocenters. The van der Waals surface area contributed by atoms with Crippen molar-refractivity contribution in [2.45, 2.75) is 12.2 Å². The highest BCUT2D eigenvalue weighted by Gasteiger charge is 2.44. The fourth-order valence-corrected chi connectivity index (χ4v) is 3.49. The number of ether oxygens (including phenoxy) is 5. The molecule has 0 aromatic heterocycles. The Labute approximate surface area is 168 Å². The van der Waals surface area contributed by atoms with Crippen molar-refractivity contribution in [2.75, 3.05) is 35.0 Å². The van der Waals surface area contributed by atoms with E-state index in [9.17, 15) is 15.0 Å². The van der Waals surface area contributed by atoms with Crippen LogP contribution in [0.1, 0.15) is 22.0 Å². The van der Waals surface area contributed by atoms with Gasteiger partial charge in [-0.05, 0) is 17.7 Å². The summed E-state index contributed by atoms with van der Waals surface area (Å²) in [5.74, 6) is 0.130. The first-order valence-electron chi connectivity index (χ1n) is 8.97. The van der Waals surface area contributed by atoms with Crippen LogP contribution in [0.2, 0.25) is 0 Å². The zero-order chi connectivity index (χ0) is 21.1. The van der Waals surface area contributed by atoms with Gasteiger partial charge in [-0.15, -0.1) is 0 Å². The molecule has 8 heteroatoms. The summed E-state index contributed by atoms with van der Waals surface area (Å²) >= 11 is 0. The van der Waals surface area contributed by atoms with E-state index in [0.29, 0.717) is 17.1 Å². The molecule has 156 valence electrons. The van der Waals surface area contributed by atoms with Crippen LogP contribution in [-0.4, -0.2) is 57.1 Å². The molecule has 0 saturated heterocycles. The Kier molecular flexibility index (Phi) is 6.14. The van der Waals surface area contributed by atoms with Crippen LogP contribution in [0, 0.1) is 5.92 Å². The third kappa shape index (κ3) is 3.56. The molecular weight excluding hydrogens is 380 g/mol. The maximum absolute atomic E-state index is 13.2. The van der Waals surface area contributed by atoms with Crippen molar-refractivity contribution in [1.82, 2.24) is 0 Å². The minimum atomic E-state index is -1.16. The van der Waals surface area contributed by atoms with Crippen molar-refractivity contribution in [3.63, 3.8) is 0 Å². The second-order valence-corrected chi connectivity index (χ2v) is 6.47. The normalized spacial score (nSPS) is 19.0. The van der Waals surface area contributed by atoms with Crippen molar-refractivity contribution in [2.24, 2.45) is 5.92 Å². The minimum absolute atomic E-state index is 0.141. The van der Waals surface area contributed by atoms with Crippen LogP contribution in [-0.2, 0) is 0 Å². The molecule has 3 rings (SSSR count). The number of ketones is 1. The van der Waals surface area contributed by atoms with Gasteiger partial charge in [0.1, 0.15) is 29.3 Å². The lowest BCUT2D eigenvalue weighted by Crippen LogP contribution is -2.44. The first-order chi connectivity index (χ1) is 14.0. The predicted octanol–water partition coefficient (Wildman–Crippen LogP) is 2.01. The van der Waals surface area contributed by atoms with E-state index < -0.39 is 30.5 Å². The van der Waals surface area contributed by atoms with Gasteiger partial charge in [0.25, 0.3) is 0 Å². The summed E-state index contributed by atoms with van der Waals surface area (Å²) in [6.07, 6.45) is -2.16. The van der Waals surface area contributed by atoms with Gasteiger partial charge in [-0.25, -0.2) is 0 Å². The number of hydrogen-bond acceptors (Lipinski definition) is 8. The van der Waals surface area contributed by atoms with E-state index in [1.165, 1.54) is 27.4 Å². The molecule has 0 fully saturated rings. The molecule has 0 bridgehead atoms. The maximum Gasteiger partial charge on any atom is 0.204 e. The number of aliphatic hydroxyl groups excluding tert-OH is 2. The monoisotopic (exact) mass is 404 g/mol. The second-order valence-electron chi connectivity index (χ2n) is 6.47. The minimum Gasteiger partial charge on any atom is -0.497 e. The molecule has 3 unspecified atom stereocenters. The highest BCUT2D eigenvalue weighted by Crippen LogP contribution is 2.49. The van der Waals surface area contributed by atoms with Gasteiger partial charge in [-0.1, -0.05) is 12.1 Å². The highest BCUT2D eigenvalue weighted by atomic mass is 16.5. The van der Waals surface area contributed by atoms with E-state index in [1.54, 1.807) is 31.4 Å². The fourth-order valence-electron chi connectivity index (χ4n) is 3.49. The van der Waals surface area contributed by atoms with E-state index in [1.807, 2.05) is 0 Å². The zero-order valence-electron chi connectivity index (χ0n) is 16.7. The van der Waals surface area contributed by atoms with Gasteiger partial charge in [0.05, 0.1) is 41.0 Å². The summed E-state index contributed by atoms with van der Waals surface area (Å²) < 4.78 is 27.1. The van der Waals surface area contributed by atoms with Crippen LogP contribution in [0.5, 0.6) is 28.7 Å². The Morgan fingerprint density at radius 2 is 1.66 bits per heavy atom. The van der Waals surface area contributed by atoms with Gasteiger partial charge < -0.3 is 33.9 Å². The number of rotatable bonds is 7. The molecule has 0 amide bonds. The van der Waals surface area contributed by atoms with Crippen molar-refractivity contribution in [1.29, 1.82) is 0 Å². The van der Waals surface area contributed by atoms with Crippen LogP contribution in [0.4, 0.5) is 0 Å². The van der Waals surface area contributed by atoms with E-state index in [4.69, 9.17) is 23.7 Å². The Bertz CT molecular complexity index is 877. The van der Waals surface area contributed by atoms with Crippen molar-refractivity contribution >= 4 is 5.78 Å². The Hall–Kier alpha value is -2.97. The quantitative estimate of drug-likeness (QED) is 0.722. The lowest BCUT2D eigenvalue weighted by atomic mass is 9.84. The smallest absolute Gasteiger partial charge is 0.204 e. The third-order valence-corrected chi connectivity index (χ3v) is 5.00. The maximum atomic E-state index is 13.2. The number of fused-ring (bicyclic) bond motifs is 1. The van der Waals surface area contributed by atoms with Crippen LogP contribution in [0.25, 0.3) is 0 Å². The average Bonchev–Trinajstić information content (AvgIpc) is 2.76.